The number of fused-ring (bicyclic) bond motifs is 5. The molecule has 2 nitrogen and oxygen atoms in total. The van der Waals surface area contributed by atoms with Crippen LogP contribution in [0, 0.1) is 46.8 Å². The maximum Gasteiger partial charge on any atom is 0.0682 e. The number of hydrogen-bond acceptors (Lipinski definition) is 2. The summed E-state index contributed by atoms with van der Waals surface area (Å²) in [4.78, 5) is 0. The summed E-state index contributed by atoms with van der Waals surface area (Å²) in [7, 11) is 0. The maximum atomic E-state index is 10.9. The van der Waals surface area contributed by atoms with E-state index >= 15 is 0 Å². The molecule has 0 unspecified atom stereocenters. The smallest absolute Gasteiger partial charge is 0.0682 e. The quantitative estimate of drug-likeness (QED) is 0.470. The van der Waals surface area contributed by atoms with Gasteiger partial charge in [0.05, 0.1) is 11.7 Å². The van der Waals surface area contributed by atoms with Crippen molar-refractivity contribution in [1.82, 2.24) is 0 Å². The van der Waals surface area contributed by atoms with Gasteiger partial charge < -0.3 is 10.2 Å². The van der Waals surface area contributed by atoms with Gasteiger partial charge in [-0.25, -0.2) is 0 Å². The van der Waals surface area contributed by atoms with Crippen molar-refractivity contribution in [2.75, 3.05) is 0 Å². The van der Waals surface area contributed by atoms with Crippen molar-refractivity contribution < 1.29 is 10.2 Å². The molecule has 0 aromatic heterocycles. The third-order valence-corrected chi connectivity index (χ3v) is 10.7. The zero-order chi connectivity index (χ0) is 21.7. The average Bonchev–Trinajstić information content (AvgIpc) is 3.16. The van der Waals surface area contributed by atoms with Gasteiger partial charge in [-0.1, -0.05) is 46.3 Å². The van der Waals surface area contributed by atoms with Crippen molar-refractivity contribution in [3.05, 3.63) is 11.6 Å². The molecule has 2 N–H and O–H groups in total. The van der Waals surface area contributed by atoms with Gasteiger partial charge in [0.2, 0.25) is 0 Å². The van der Waals surface area contributed by atoms with Crippen molar-refractivity contribution in [3.63, 3.8) is 0 Å². The average molecular weight is 417 g/mol. The molecular formula is C28H48O2. The molecule has 0 aromatic carbocycles. The third kappa shape index (κ3) is 3.94. The van der Waals surface area contributed by atoms with Crippen LogP contribution >= 0.6 is 0 Å². The Labute approximate surface area is 185 Å². The molecule has 3 saturated carbocycles. The first-order valence-electron chi connectivity index (χ1n) is 13.3. The fourth-order valence-electron chi connectivity index (χ4n) is 8.40. The lowest BCUT2D eigenvalue weighted by Crippen LogP contribution is -2.50. The molecule has 0 heterocycles. The normalized spacial score (nSPS) is 45.3. The predicted molar refractivity (Wildman–Crippen MR) is 125 cm³/mol. The number of aliphatic hydroxyl groups is 2. The fourth-order valence-corrected chi connectivity index (χ4v) is 8.40. The molecule has 4 aliphatic carbocycles. The number of allylic oxidation sites excluding steroid dienone is 1. The Kier molecular flexibility index (Phi) is 6.50. The van der Waals surface area contributed by atoms with Crippen LogP contribution in [0.3, 0.4) is 0 Å². The number of rotatable bonds is 6. The molecule has 3 fully saturated rings. The summed E-state index contributed by atoms with van der Waals surface area (Å²) in [5.74, 6) is 5.59. The minimum atomic E-state index is -0.441. The van der Waals surface area contributed by atoms with E-state index in [2.05, 4.69) is 40.7 Å². The van der Waals surface area contributed by atoms with Crippen LogP contribution in [0.1, 0.15) is 105 Å². The zero-order valence-corrected chi connectivity index (χ0v) is 20.4. The molecule has 0 aromatic rings. The Morgan fingerprint density at radius 2 is 1.73 bits per heavy atom. The van der Waals surface area contributed by atoms with Gasteiger partial charge in [0.25, 0.3) is 0 Å². The van der Waals surface area contributed by atoms with Crippen LogP contribution in [0.2, 0.25) is 0 Å². The molecular weight excluding hydrogens is 368 g/mol. The summed E-state index contributed by atoms with van der Waals surface area (Å²) in [5.41, 5.74) is 1.51. The monoisotopic (exact) mass is 416 g/mol. The van der Waals surface area contributed by atoms with Gasteiger partial charge in [-0.05, 0) is 117 Å². The van der Waals surface area contributed by atoms with Crippen molar-refractivity contribution in [2.45, 2.75) is 117 Å². The van der Waals surface area contributed by atoms with Gasteiger partial charge in [-0.3, -0.25) is 0 Å². The minimum absolute atomic E-state index is 0.129. The van der Waals surface area contributed by atoms with Crippen LogP contribution in [0.4, 0.5) is 0 Å². The highest BCUT2D eigenvalue weighted by Gasteiger charge is 2.55. The van der Waals surface area contributed by atoms with Crippen molar-refractivity contribution in [2.24, 2.45) is 46.8 Å². The number of aliphatic hydroxyl groups excluding tert-OH is 1. The summed E-state index contributed by atoms with van der Waals surface area (Å²) in [6.07, 6.45) is 15.6. The van der Waals surface area contributed by atoms with Crippen LogP contribution in [-0.4, -0.2) is 21.9 Å². The summed E-state index contributed by atoms with van der Waals surface area (Å²) >= 11 is 0. The highest BCUT2D eigenvalue weighted by atomic mass is 16.3. The Morgan fingerprint density at radius 1 is 1.00 bits per heavy atom. The summed E-state index contributed by atoms with van der Waals surface area (Å²) in [6.45, 7) is 11.5. The van der Waals surface area contributed by atoms with E-state index in [0.29, 0.717) is 11.3 Å². The van der Waals surface area contributed by atoms with Crippen LogP contribution in [0.25, 0.3) is 0 Å². The van der Waals surface area contributed by atoms with E-state index in [1.807, 2.05) is 0 Å². The van der Waals surface area contributed by atoms with E-state index in [0.717, 1.165) is 61.2 Å². The topological polar surface area (TPSA) is 40.5 Å². The van der Waals surface area contributed by atoms with Gasteiger partial charge in [0.1, 0.15) is 0 Å². The highest BCUT2D eigenvalue weighted by Crippen LogP contribution is 2.63. The molecule has 9 atom stereocenters. The van der Waals surface area contributed by atoms with E-state index in [9.17, 15) is 10.2 Å². The van der Waals surface area contributed by atoms with Gasteiger partial charge in [-0.2, -0.15) is 0 Å². The van der Waals surface area contributed by atoms with Gasteiger partial charge in [0.15, 0.2) is 0 Å². The molecule has 0 saturated heterocycles. The Balaban J connectivity index is 1.44. The summed E-state index contributed by atoms with van der Waals surface area (Å²) in [5, 5.41) is 21.2. The first-order chi connectivity index (χ1) is 14.2. The second-order valence-corrected chi connectivity index (χ2v) is 12.4. The zero-order valence-electron chi connectivity index (χ0n) is 20.4. The van der Waals surface area contributed by atoms with Crippen molar-refractivity contribution in [1.29, 1.82) is 0 Å². The second kappa shape index (κ2) is 8.54. The van der Waals surface area contributed by atoms with Crippen LogP contribution in [-0.2, 0) is 0 Å². The molecule has 4 aliphatic rings. The van der Waals surface area contributed by atoms with Gasteiger partial charge in [-0.15, -0.1) is 0 Å². The number of hydrogen-bond donors (Lipinski definition) is 2. The van der Waals surface area contributed by atoms with E-state index < -0.39 is 5.60 Å². The Hall–Kier alpha value is -0.340. The van der Waals surface area contributed by atoms with E-state index in [1.54, 1.807) is 5.57 Å². The van der Waals surface area contributed by atoms with E-state index in [1.165, 1.54) is 44.9 Å². The summed E-state index contributed by atoms with van der Waals surface area (Å²) < 4.78 is 0. The maximum absolute atomic E-state index is 10.9. The lowest BCUT2D eigenvalue weighted by atomic mass is 9.49. The molecule has 0 bridgehead atoms. The molecule has 0 aliphatic heterocycles. The minimum Gasteiger partial charge on any atom is -0.393 e. The Bertz CT molecular complexity index is 639. The molecule has 0 spiro atoms. The Morgan fingerprint density at radius 3 is 2.43 bits per heavy atom. The molecule has 4 rings (SSSR count). The summed E-state index contributed by atoms with van der Waals surface area (Å²) in [6, 6.07) is 0. The standard InChI is InChI=1S/C28H48O2/c1-6-28(30)16-15-27(5)20(17-28)8-9-24-23-11-10-21(22(23)12-13-25(24)27)19(4)7-14-26(29)18(2)3/h8,18-19,21-26,29-30H,6-7,9-17H2,1-5H3/t19-,21-,22-,23-,24+,25+,26-,27+,28+/m1/s1. The van der Waals surface area contributed by atoms with Gasteiger partial charge >= 0.3 is 0 Å². The van der Waals surface area contributed by atoms with E-state index in [4.69, 9.17) is 0 Å². The third-order valence-electron chi connectivity index (χ3n) is 10.7. The first kappa shape index (κ1) is 22.8. The van der Waals surface area contributed by atoms with Crippen molar-refractivity contribution >= 4 is 0 Å². The van der Waals surface area contributed by atoms with Crippen LogP contribution < -0.4 is 0 Å². The lowest BCUT2D eigenvalue weighted by Gasteiger charge is -2.57. The molecule has 0 radical (unpaired) electrons. The highest BCUT2D eigenvalue weighted by molar-refractivity contribution is 5.26. The SMILES string of the molecule is CC[C@]1(O)CC[C@@]2(C)C(=CC[C@H]3[C@@H]4CC[C@H]([C@H](C)CC[C@@H](O)C(C)C)[C@H]4CC[C@@H]32)C1. The second-order valence-electron chi connectivity index (χ2n) is 12.4. The fraction of sp³-hybridized carbons (Fsp3) is 0.929. The molecule has 2 heteroatoms. The van der Waals surface area contributed by atoms with E-state index in [-0.39, 0.29) is 6.10 Å². The molecule has 0 amide bonds. The lowest BCUT2D eigenvalue weighted by molar-refractivity contribution is -0.0526. The molecule has 30 heavy (non-hydrogen) atoms. The van der Waals surface area contributed by atoms with Crippen LogP contribution in [0.5, 0.6) is 0 Å². The largest absolute Gasteiger partial charge is 0.393 e. The predicted octanol–water partition coefficient (Wildman–Crippen LogP) is 6.75. The first-order valence-corrected chi connectivity index (χ1v) is 13.3. The molecule has 172 valence electrons. The van der Waals surface area contributed by atoms with Crippen molar-refractivity contribution in [3.8, 4) is 0 Å². The van der Waals surface area contributed by atoms with Gasteiger partial charge in [0, 0.05) is 0 Å². The van der Waals surface area contributed by atoms with Crippen LogP contribution in [0.15, 0.2) is 11.6 Å².